The molecule has 0 saturated carbocycles. The molecule has 1 aromatic carbocycles. The highest BCUT2D eigenvalue weighted by Gasteiger charge is 2.47. The van der Waals surface area contributed by atoms with Crippen LogP contribution in [0.4, 0.5) is 0 Å². The molecular weight excluding hydrogens is 214 g/mol. The van der Waals surface area contributed by atoms with E-state index in [1.807, 2.05) is 30.3 Å². The standard InChI is InChI=1S/C14H19NO2/c1-14(2,3)15-9-12(15)13(16)17-10-11-7-5-4-6-8-11/h4-8,12H,9-10H2,1-3H3/t12-,15?/m0/s1. The van der Waals surface area contributed by atoms with Crippen LogP contribution in [-0.4, -0.2) is 29.0 Å². The van der Waals surface area contributed by atoms with Crippen LogP contribution in [0.25, 0.3) is 0 Å². The second kappa shape index (κ2) is 4.49. The zero-order valence-corrected chi connectivity index (χ0v) is 10.6. The SMILES string of the molecule is CC(C)(C)N1C[C@H]1C(=O)OCc1ccccc1. The molecule has 3 heteroatoms. The average Bonchev–Trinajstić information content (AvgIpc) is 3.06. The number of esters is 1. The normalized spacial score (nSPS) is 23.2. The average molecular weight is 233 g/mol. The molecule has 1 aromatic rings. The molecular formula is C14H19NO2. The van der Waals surface area contributed by atoms with Crippen LogP contribution in [-0.2, 0) is 16.1 Å². The molecule has 0 aromatic heterocycles. The quantitative estimate of drug-likeness (QED) is 0.592. The summed E-state index contributed by atoms with van der Waals surface area (Å²) in [5, 5.41) is 0. The zero-order valence-electron chi connectivity index (χ0n) is 10.6. The summed E-state index contributed by atoms with van der Waals surface area (Å²) in [4.78, 5) is 13.9. The van der Waals surface area contributed by atoms with E-state index >= 15 is 0 Å². The zero-order chi connectivity index (χ0) is 12.5. The van der Waals surface area contributed by atoms with Gasteiger partial charge in [0.1, 0.15) is 12.6 Å². The minimum Gasteiger partial charge on any atom is -0.460 e. The van der Waals surface area contributed by atoms with Crippen molar-refractivity contribution in [2.75, 3.05) is 6.54 Å². The molecule has 17 heavy (non-hydrogen) atoms. The molecule has 1 aliphatic rings. The van der Waals surface area contributed by atoms with Gasteiger partial charge in [0.05, 0.1) is 0 Å². The van der Waals surface area contributed by atoms with E-state index in [0.717, 1.165) is 12.1 Å². The maximum atomic E-state index is 11.8. The Morgan fingerprint density at radius 2 is 2.00 bits per heavy atom. The Morgan fingerprint density at radius 3 is 2.53 bits per heavy atom. The van der Waals surface area contributed by atoms with Gasteiger partial charge in [0.2, 0.25) is 0 Å². The molecule has 2 atom stereocenters. The van der Waals surface area contributed by atoms with E-state index < -0.39 is 0 Å². The first-order chi connectivity index (χ1) is 7.98. The highest BCUT2D eigenvalue weighted by Crippen LogP contribution is 2.29. The molecule has 1 saturated heterocycles. The van der Waals surface area contributed by atoms with Crippen LogP contribution in [0.15, 0.2) is 30.3 Å². The van der Waals surface area contributed by atoms with Crippen molar-refractivity contribution in [2.45, 2.75) is 39.0 Å². The highest BCUT2D eigenvalue weighted by molar-refractivity contribution is 5.79. The van der Waals surface area contributed by atoms with Crippen molar-refractivity contribution in [3.8, 4) is 0 Å². The number of benzene rings is 1. The van der Waals surface area contributed by atoms with Gasteiger partial charge in [-0.25, -0.2) is 0 Å². The van der Waals surface area contributed by atoms with Gasteiger partial charge in [-0.15, -0.1) is 0 Å². The number of nitrogens with zero attached hydrogens (tertiary/aromatic N) is 1. The fourth-order valence-corrected chi connectivity index (χ4v) is 1.91. The molecule has 0 bridgehead atoms. The van der Waals surface area contributed by atoms with Crippen LogP contribution in [0.2, 0.25) is 0 Å². The maximum Gasteiger partial charge on any atom is 0.325 e. The predicted molar refractivity (Wildman–Crippen MR) is 66.5 cm³/mol. The van der Waals surface area contributed by atoms with Gasteiger partial charge >= 0.3 is 5.97 Å². The fraction of sp³-hybridized carbons (Fsp3) is 0.500. The second-order valence-electron chi connectivity index (χ2n) is 5.43. The smallest absolute Gasteiger partial charge is 0.325 e. The van der Waals surface area contributed by atoms with Gasteiger partial charge < -0.3 is 4.74 Å². The first kappa shape index (κ1) is 12.1. The Balaban J connectivity index is 1.80. The molecule has 0 amide bonds. The van der Waals surface area contributed by atoms with E-state index in [0.29, 0.717) is 6.61 Å². The Hall–Kier alpha value is -1.35. The van der Waals surface area contributed by atoms with Crippen molar-refractivity contribution in [1.29, 1.82) is 0 Å². The molecule has 0 spiro atoms. The molecule has 2 rings (SSSR count). The Kier molecular flexibility index (Phi) is 3.20. The lowest BCUT2D eigenvalue weighted by Gasteiger charge is -2.20. The number of carbonyl (C=O) groups is 1. The maximum absolute atomic E-state index is 11.8. The van der Waals surface area contributed by atoms with Crippen LogP contribution < -0.4 is 0 Å². The van der Waals surface area contributed by atoms with Crippen molar-refractivity contribution < 1.29 is 9.53 Å². The molecule has 0 N–H and O–H groups in total. The van der Waals surface area contributed by atoms with E-state index in [1.54, 1.807) is 0 Å². The minimum absolute atomic E-state index is 0.0429. The summed E-state index contributed by atoms with van der Waals surface area (Å²) in [7, 11) is 0. The van der Waals surface area contributed by atoms with Gasteiger partial charge in [-0.3, -0.25) is 9.69 Å². The van der Waals surface area contributed by atoms with Crippen molar-refractivity contribution in [3.63, 3.8) is 0 Å². The topological polar surface area (TPSA) is 29.3 Å². The summed E-state index contributed by atoms with van der Waals surface area (Å²) in [5.74, 6) is -0.108. The van der Waals surface area contributed by atoms with Crippen molar-refractivity contribution >= 4 is 5.97 Å². The van der Waals surface area contributed by atoms with Gasteiger partial charge in [-0.2, -0.15) is 0 Å². The van der Waals surface area contributed by atoms with Crippen LogP contribution in [0, 0.1) is 0 Å². The molecule has 1 aliphatic heterocycles. The third-order valence-electron chi connectivity index (χ3n) is 2.97. The number of ether oxygens (including phenoxy) is 1. The lowest BCUT2D eigenvalue weighted by molar-refractivity contribution is -0.145. The number of carbonyl (C=O) groups excluding carboxylic acids is 1. The van der Waals surface area contributed by atoms with Gasteiger partial charge in [0.25, 0.3) is 0 Å². The fourth-order valence-electron chi connectivity index (χ4n) is 1.91. The summed E-state index contributed by atoms with van der Waals surface area (Å²) in [6.07, 6.45) is 0. The summed E-state index contributed by atoms with van der Waals surface area (Å²) in [5.41, 5.74) is 1.08. The van der Waals surface area contributed by atoms with E-state index in [1.165, 1.54) is 0 Å². The lowest BCUT2D eigenvalue weighted by Crippen LogP contribution is -2.30. The van der Waals surface area contributed by atoms with Crippen LogP contribution in [0.3, 0.4) is 0 Å². The number of hydrogen-bond acceptors (Lipinski definition) is 3. The third kappa shape index (κ3) is 3.07. The predicted octanol–water partition coefficient (Wildman–Crippen LogP) is 2.21. The molecule has 1 fully saturated rings. The van der Waals surface area contributed by atoms with Gasteiger partial charge in [0, 0.05) is 12.1 Å². The Morgan fingerprint density at radius 1 is 1.35 bits per heavy atom. The summed E-state index contributed by atoms with van der Waals surface area (Å²) >= 11 is 0. The number of hydrogen-bond donors (Lipinski definition) is 0. The molecule has 92 valence electrons. The first-order valence-corrected chi connectivity index (χ1v) is 5.96. The monoisotopic (exact) mass is 233 g/mol. The molecule has 3 nitrogen and oxygen atoms in total. The summed E-state index contributed by atoms with van der Waals surface area (Å²) in [6.45, 7) is 7.51. The minimum atomic E-state index is -0.108. The van der Waals surface area contributed by atoms with Gasteiger partial charge in [-0.1, -0.05) is 30.3 Å². The van der Waals surface area contributed by atoms with Crippen LogP contribution in [0.5, 0.6) is 0 Å². The molecule has 1 heterocycles. The second-order valence-corrected chi connectivity index (χ2v) is 5.43. The summed E-state index contributed by atoms with van der Waals surface area (Å²) in [6, 6.07) is 9.72. The van der Waals surface area contributed by atoms with Gasteiger partial charge in [-0.05, 0) is 26.3 Å². The van der Waals surface area contributed by atoms with E-state index in [9.17, 15) is 4.79 Å². The Bertz CT molecular complexity index is 394. The molecule has 1 unspecified atom stereocenters. The molecule has 0 aliphatic carbocycles. The number of rotatable bonds is 3. The first-order valence-electron chi connectivity index (χ1n) is 5.96. The van der Waals surface area contributed by atoms with Crippen LogP contribution in [0.1, 0.15) is 26.3 Å². The lowest BCUT2D eigenvalue weighted by atomic mass is 10.1. The van der Waals surface area contributed by atoms with Crippen molar-refractivity contribution in [2.24, 2.45) is 0 Å². The van der Waals surface area contributed by atoms with E-state index in [2.05, 4.69) is 25.7 Å². The van der Waals surface area contributed by atoms with Crippen molar-refractivity contribution in [1.82, 2.24) is 4.90 Å². The highest BCUT2D eigenvalue weighted by atomic mass is 16.5. The summed E-state index contributed by atoms with van der Waals surface area (Å²) < 4.78 is 5.30. The Labute approximate surface area is 102 Å². The van der Waals surface area contributed by atoms with E-state index in [-0.39, 0.29) is 17.6 Å². The third-order valence-corrected chi connectivity index (χ3v) is 2.97. The largest absolute Gasteiger partial charge is 0.460 e. The molecule has 0 radical (unpaired) electrons. The van der Waals surface area contributed by atoms with Crippen molar-refractivity contribution in [3.05, 3.63) is 35.9 Å². The van der Waals surface area contributed by atoms with Crippen LogP contribution >= 0.6 is 0 Å². The van der Waals surface area contributed by atoms with E-state index in [4.69, 9.17) is 4.74 Å². The van der Waals surface area contributed by atoms with Gasteiger partial charge in [0.15, 0.2) is 0 Å².